The van der Waals surface area contributed by atoms with E-state index >= 15 is 19.2 Å². The molecule has 1 aliphatic heterocycles. The molecule has 0 radical (unpaired) electrons. The van der Waals surface area contributed by atoms with Crippen molar-refractivity contribution in [1.29, 1.82) is 0 Å². The number of rotatable bonds is 51. The number of aliphatic hydroxyl groups excluding tert-OH is 2. The second-order valence-electron chi connectivity index (χ2n) is 32.2. The Hall–Kier alpha value is -14.3. The predicted octanol–water partition coefficient (Wildman–Crippen LogP) is -5.95. The molecule has 8 rings (SSSR count). The highest BCUT2D eigenvalue weighted by molar-refractivity contribution is 6.01. The van der Waals surface area contributed by atoms with E-state index in [4.69, 9.17) is 5.73 Å². The molecule has 48 nitrogen and oxygen atoms in total. The summed E-state index contributed by atoms with van der Waals surface area (Å²) in [6, 6.07) is -17.5. The molecule has 26 N–H and O–H groups in total. The Morgan fingerprint density at radius 2 is 0.775 bits per heavy atom. The van der Waals surface area contributed by atoms with Crippen LogP contribution in [0.15, 0.2) is 99.4 Å². The Kier molecular flexibility index (Phi) is 37.6. The maximum Gasteiger partial charge on any atom is 0.325 e. The van der Waals surface area contributed by atoms with Crippen molar-refractivity contribution in [1.82, 2.24) is 134 Å². The monoisotopic (exact) mass is 1800 g/mol. The third-order valence-corrected chi connectivity index (χ3v) is 21.2. The number of H-pyrrole nitrogens is 6. The Morgan fingerprint density at radius 1 is 0.426 bits per heavy atom. The summed E-state index contributed by atoms with van der Waals surface area (Å²) in [5.41, 5.74) is 8.62. The molecule has 129 heavy (non-hydrogen) atoms. The highest BCUT2D eigenvalue weighted by atomic mass is 16.4. The fourth-order valence-electron chi connectivity index (χ4n) is 13.9. The minimum Gasteiger partial charge on any atom is -0.508 e. The Labute approximate surface area is 738 Å². The summed E-state index contributed by atoms with van der Waals surface area (Å²) in [5.74, 6) is -18.6. The van der Waals surface area contributed by atoms with E-state index in [-0.39, 0.29) is 106 Å². The number of hydrogen-bond donors (Lipinski definition) is 25. The lowest BCUT2D eigenvalue weighted by atomic mass is 9.97. The van der Waals surface area contributed by atoms with Gasteiger partial charge in [0, 0.05) is 116 Å². The minimum atomic E-state index is -1.92. The van der Waals surface area contributed by atoms with Gasteiger partial charge in [-0.1, -0.05) is 60.1 Å². The maximum atomic E-state index is 15.3. The van der Waals surface area contributed by atoms with Gasteiger partial charge in [-0.25, -0.2) is 29.9 Å². The zero-order valence-corrected chi connectivity index (χ0v) is 72.1. The smallest absolute Gasteiger partial charge is 0.325 e. The highest BCUT2D eigenvalue weighted by Crippen LogP contribution is 2.23. The van der Waals surface area contributed by atoms with Crippen LogP contribution in [-0.2, 0) is 122 Å². The summed E-state index contributed by atoms with van der Waals surface area (Å²) in [7, 11) is 0. The average Bonchev–Trinajstić information content (AvgIpc) is 1.81. The number of aromatic amines is 6. The molecule has 14 amide bonds. The summed E-state index contributed by atoms with van der Waals surface area (Å²) >= 11 is 0. The van der Waals surface area contributed by atoms with Crippen molar-refractivity contribution < 1.29 is 102 Å². The lowest BCUT2D eigenvalue weighted by Crippen LogP contribution is -2.63. The van der Waals surface area contributed by atoms with Crippen LogP contribution in [0.2, 0.25) is 0 Å². The number of aromatic hydroxyl groups is 1. The predicted molar refractivity (Wildman–Crippen MR) is 451 cm³/mol. The van der Waals surface area contributed by atoms with Gasteiger partial charge in [0.05, 0.1) is 63.1 Å². The van der Waals surface area contributed by atoms with Crippen molar-refractivity contribution in [2.75, 3.05) is 13.2 Å². The van der Waals surface area contributed by atoms with Crippen molar-refractivity contribution in [2.45, 2.75) is 229 Å². The number of amides is 14. The van der Waals surface area contributed by atoms with Crippen LogP contribution in [-0.4, -0.2) is 295 Å². The van der Waals surface area contributed by atoms with Crippen molar-refractivity contribution in [2.24, 2.45) is 23.5 Å². The van der Waals surface area contributed by atoms with E-state index in [1.807, 2.05) is 0 Å². The van der Waals surface area contributed by atoms with E-state index < -0.39 is 216 Å². The van der Waals surface area contributed by atoms with Crippen LogP contribution in [0.4, 0.5) is 0 Å². The van der Waals surface area contributed by atoms with E-state index in [1.54, 1.807) is 39.8 Å². The number of phenolic OH excluding ortho intramolecular Hbond substituents is 1. The SMILES string of the molecule is CC[C@H](C)[C@H](NC(=O)[C@H](CO)NC(=O)[C@@H](NC(=O)[C@H](Cc1cnc[nH]1)NC(=O)[C@@H](N)Cc1ccc(O)cc1)[C@@H](C)O)C(=O)N[C@@H](Cc1cnc[nH]1)C(=O)N[C@@H](Cc1cnc[nH]1)C(=O)N[C@@H](Cc1cnc[nH]1)C(=O)N[C@@H](Cc1cnc[nH]1)C(=O)N1CCC[C@H]1C(=O)N[C@H](C(=O)N[C@@H](CC(=O)O)C(=O)N[C@@H](Cc1cnc[nH]1)C(=O)N[C@@H](CC(C)C)C(=O)N[C@@H](C)C(=O)O)C(C)C. The first-order valence-corrected chi connectivity index (χ1v) is 41.7. The fraction of sp³-hybridized carbons (Fsp3) is 0.506. The van der Waals surface area contributed by atoms with Gasteiger partial charge in [-0.15, -0.1) is 0 Å². The minimum absolute atomic E-state index is 0.00961. The Balaban J connectivity index is 0.967. The first-order valence-electron chi connectivity index (χ1n) is 41.7. The summed E-state index contributed by atoms with van der Waals surface area (Å²) in [5, 5.41) is 83.8. The molecule has 7 heterocycles. The van der Waals surface area contributed by atoms with Crippen molar-refractivity contribution in [3.8, 4) is 5.75 Å². The second kappa shape index (κ2) is 48.4. The number of carbonyl (C=O) groups is 16. The highest BCUT2D eigenvalue weighted by Gasteiger charge is 2.44. The molecule has 1 fully saturated rings. The number of aromatic nitrogens is 12. The van der Waals surface area contributed by atoms with Gasteiger partial charge in [0.1, 0.15) is 90.3 Å². The topological polar surface area (TPSA) is 732 Å². The number of imidazole rings is 6. The molecular formula is C81H113N27O21. The summed E-state index contributed by atoms with van der Waals surface area (Å²) < 4.78 is 0. The first kappa shape index (κ1) is 100. The van der Waals surface area contributed by atoms with Crippen molar-refractivity contribution >= 4 is 94.6 Å². The van der Waals surface area contributed by atoms with Crippen LogP contribution in [0.25, 0.3) is 0 Å². The normalized spacial score (nSPS) is 16.3. The number of carboxylic acid groups (broad SMARTS) is 2. The molecule has 1 aliphatic rings. The number of carbonyl (C=O) groups excluding carboxylic acids is 14. The number of aliphatic hydroxyl groups is 2. The quantitative estimate of drug-likeness (QED) is 0.0169. The van der Waals surface area contributed by atoms with Gasteiger partial charge in [-0.3, -0.25) is 76.7 Å². The number of nitrogens with zero attached hydrogens (tertiary/aromatic N) is 7. The molecule has 6 aromatic heterocycles. The number of hydrogen-bond acceptors (Lipinski definition) is 26. The van der Waals surface area contributed by atoms with Crippen LogP contribution in [0.1, 0.15) is 127 Å². The van der Waals surface area contributed by atoms with Crippen LogP contribution < -0.4 is 74.9 Å². The lowest BCUT2D eigenvalue weighted by Gasteiger charge is -2.31. The molecule has 7 aromatic rings. The molecule has 1 aromatic carbocycles. The van der Waals surface area contributed by atoms with Gasteiger partial charge in [-0.2, -0.15) is 0 Å². The number of carboxylic acids is 2. The fourth-order valence-corrected chi connectivity index (χ4v) is 13.9. The molecule has 1 saturated heterocycles. The van der Waals surface area contributed by atoms with E-state index in [1.165, 1.54) is 113 Å². The Bertz CT molecular complexity index is 4880. The van der Waals surface area contributed by atoms with Gasteiger partial charge in [-0.05, 0) is 75.0 Å². The number of likely N-dealkylation sites (tertiary alicyclic amines) is 1. The van der Waals surface area contributed by atoms with Crippen LogP contribution in [0, 0.1) is 17.8 Å². The van der Waals surface area contributed by atoms with Crippen LogP contribution in [0.5, 0.6) is 5.75 Å². The molecular weight excluding hydrogens is 1690 g/mol. The number of nitrogens with two attached hydrogens (primary N) is 1. The number of aliphatic carboxylic acids is 2. The zero-order chi connectivity index (χ0) is 94.3. The molecule has 0 saturated carbocycles. The van der Waals surface area contributed by atoms with Gasteiger partial charge in [0.25, 0.3) is 0 Å². The van der Waals surface area contributed by atoms with Crippen molar-refractivity contribution in [3.05, 3.63) is 139 Å². The Morgan fingerprint density at radius 3 is 1.16 bits per heavy atom. The zero-order valence-electron chi connectivity index (χ0n) is 72.1. The van der Waals surface area contributed by atoms with Crippen LogP contribution >= 0.6 is 0 Å². The maximum absolute atomic E-state index is 15.3. The number of benzene rings is 1. The molecule has 698 valence electrons. The third-order valence-electron chi connectivity index (χ3n) is 21.2. The largest absolute Gasteiger partial charge is 0.508 e. The van der Waals surface area contributed by atoms with E-state index in [2.05, 4.69) is 129 Å². The van der Waals surface area contributed by atoms with E-state index in [0.717, 1.165) is 6.92 Å². The summed E-state index contributed by atoms with van der Waals surface area (Å²) in [6.45, 7) is 11.0. The first-order chi connectivity index (χ1) is 61.4. The molecule has 0 spiro atoms. The van der Waals surface area contributed by atoms with E-state index in [9.17, 15) is 83.1 Å². The van der Waals surface area contributed by atoms with E-state index in [0.29, 0.717) is 22.6 Å². The number of nitrogens with one attached hydrogen (secondary N) is 19. The third kappa shape index (κ3) is 30.5. The summed E-state index contributed by atoms with van der Waals surface area (Å²) in [4.78, 5) is 269. The molecule has 0 aliphatic carbocycles. The van der Waals surface area contributed by atoms with Gasteiger partial charge in [0.15, 0.2) is 0 Å². The van der Waals surface area contributed by atoms with Gasteiger partial charge >= 0.3 is 11.9 Å². The van der Waals surface area contributed by atoms with Crippen LogP contribution in [0.3, 0.4) is 0 Å². The average molecular weight is 1800 g/mol. The number of phenols is 1. The molecule has 48 heteroatoms. The summed E-state index contributed by atoms with van der Waals surface area (Å²) in [6.07, 6.45) is 11.7. The molecule has 0 bridgehead atoms. The second-order valence-corrected chi connectivity index (χ2v) is 32.2. The lowest BCUT2D eigenvalue weighted by molar-refractivity contribution is -0.143. The van der Waals surface area contributed by atoms with Gasteiger partial charge < -0.3 is 135 Å². The molecule has 17 atom stereocenters. The standard InChI is InChI=1S/C81H113N27O21/c1-9-41(6)65(106-75(122)61(32-109)104-79(126)66(43(8)110)107-74(121)58(23-49-30-87-37-93-49)96-67(114)52(82)18-44-12-14-51(111)15-13-44)78(125)101-57(22-48-29-86-36-92-48)71(118)98-55(20-46-27-84-34-90-46)70(117)99-56(21-47-28-85-35-91-47)72(119)103-60(24-50-31-88-38-94-50)80(127)108-16-10-11-62(108)76(123)105-64(40(4)5)77(124)102-59(25-63(112)113)73(120)100-54(19-45-26-83-33-89-45)69(116)97-53(17-39(2)3)68(115)95-42(7)81(128)129/h12-15,26-31,33-43,52-62,64-66,109-111H,9-11,16-25,32,82H2,1-8H3,(H,83,89)(H,84,90)(H,85,91)(H,86,92)(H,87,93)(H,88,94)(H,95,115)(H,96,114)(H,97,116)(H,98,118)(H,99,117)(H,100,120)(H,101,125)(H,102,124)(H,103,119)(H,104,126)(H,105,123)(H,106,122)(H,107,121)(H,112,113)(H,128,129)/t41-,42-,43+,52-,53-,54-,55-,56-,57-,58-,59-,60-,61-,62-,64-,65-,66-/m0/s1. The van der Waals surface area contributed by atoms with Crippen molar-refractivity contribution in [3.63, 3.8) is 0 Å². The molecule has 0 unspecified atom stereocenters. The van der Waals surface area contributed by atoms with Gasteiger partial charge in [0.2, 0.25) is 82.7 Å².